The van der Waals surface area contributed by atoms with Gasteiger partial charge in [-0.25, -0.2) is 4.79 Å². The van der Waals surface area contributed by atoms with Crippen LogP contribution in [0.4, 0.5) is 5.69 Å². The minimum atomic E-state index is -0.575. The average Bonchev–Trinajstić information content (AvgIpc) is 3.52. The maximum atomic E-state index is 14.0. The second kappa shape index (κ2) is 13.5. The van der Waals surface area contributed by atoms with Crippen LogP contribution >= 0.6 is 0 Å². The Balaban J connectivity index is 1.25. The summed E-state index contributed by atoms with van der Waals surface area (Å²) < 4.78 is 11.2. The Hall–Kier alpha value is -5.16. The molecule has 5 nitrogen and oxygen atoms in total. The molecule has 0 fully saturated rings. The molecule has 244 valence electrons. The molecule has 1 heterocycles. The van der Waals surface area contributed by atoms with E-state index in [1.54, 1.807) is 12.1 Å². The number of hydrogen-bond acceptors (Lipinski definition) is 4. The van der Waals surface area contributed by atoms with Crippen molar-refractivity contribution in [2.24, 2.45) is 0 Å². The van der Waals surface area contributed by atoms with E-state index in [0.717, 1.165) is 52.3 Å². The van der Waals surface area contributed by atoms with Gasteiger partial charge in [-0.15, -0.1) is 0 Å². The van der Waals surface area contributed by atoms with E-state index in [9.17, 15) is 9.59 Å². The van der Waals surface area contributed by atoms with Crippen molar-refractivity contribution in [2.45, 2.75) is 65.9 Å². The summed E-state index contributed by atoms with van der Waals surface area (Å²) >= 11 is 0. The van der Waals surface area contributed by atoms with Crippen molar-refractivity contribution in [3.63, 3.8) is 0 Å². The van der Waals surface area contributed by atoms with Crippen LogP contribution in [0.2, 0.25) is 0 Å². The summed E-state index contributed by atoms with van der Waals surface area (Å²) in [6.07, 6.45) is 1.39. The molecule has 0 aromatic heterocycles. The van der Waals surface area contributed by atoms with Crippen molar-refractivity contribution >= 4 is 17.6 Å². The van der Waals surface area contributed by atoms with Gasteiger partial charge in [0.2, 0.25) is 5.91 Å². The summed E-state index contributed by atoms with van der Waals surface area (Å²) in [5.41, 5.74) is 12.0. The number of esters is 1. The maximum Gasteiger partial charge on any atom is 0.338 e. The van der Waals surface area contributed by atoms with Crippen LogP contribution in [0.1, 0.15) is 70.4 Å². The molecule has 5 aromatic carbocycles. The van der Waals surface area contributed by atoms with Gasteiger partial charge in [0.25, 0.3) is 0 Å². The van der Waals surface area contributed by atoms with Crippen LogP contribution in [-0.2, 0) is 22.4 Å². The topological polar surface area (TPSA) is 64.6 Å². The fourth-order valence-electron chi connectivity index (χ4n) is 6.57. The van der Waals surface area contributed by atoms with Gasteiger partial charge in [-0.3, -0.25) is 4.79 Å². The molecule has 0 unspecified atom stereocenters. The molecule has 1 aliphatic rings. The van der Waals surface area contributed by atoms with E-state index < -0.39 is 11.5 Å². The molecule has 1 N–H and O–H groups in total. The molecular formula is C43H43NO4. The van der Waals surface area contributed by atoms with Crippen LogP contribution < -0.4 is 10.1 Å². The molecule has 48 heavy (non-hydrogen) atoms. The number of ether oxygens (including phenoxy) is 2. The number of carbonyl (C=O) groups is 2. The maximum absolute atomic E-state index is 14.0. The Bertz CT molecular complexity index is 1930. The third-order valence-corrected chi connectivity index (χ3v) is 8.80. The van der Waals surface area contributed by atoms with Crippen LogP contribution in [0, 0.1) is 20.8 Å². The van der Waals surface area contributed by atoms with Crippen molar-refractivity contribution in [3.8, 4) is 28.0 Å². The Morgan fingerprint density at radius 3 is 2.04 bits per heavy atom. The molecule has 0 bridgehead atoms. The highest BCUT2D eigenvalue weighted by atomic mass is 16.6. The van der Waals surface area contributed by atoms with E-state index in [4.69, 9.17) is 9.47 Å². The van der Waals surface area contributed by atoms with Crippen LogP contribution in [0.25, 0.3) is 22.3 Å². The van der Waals surface area contributed by atoms with Gasteiger partial charge in [-0.05, 0) is 134 Å². The molecule has 5 heteroatoms. The minimum absolute atomic E-state index is 0.0934. The molecular weight excluding hydrogens is 594 g/mol. The first kappa shape index (κ1) is 32.8. The Kier molecular flexibility index (Phi) is 9.23. The zero-order chi connectivity index (χ0) is 34.0. The van der Waals surface area contributed by atoms with Gasteiger partial charge in [-0.1, -0.05) is 72.3 Å². The lowest BCUT2D eigenvalue weighted by Gasteiger charge is -2.20. The summed E-state index contributed by atoms with van der Waals surface area (Å²) in [6.45, 7) is 12.7. The van der Waals surface area contributed by atoms with Gasteiger partial charge in [-0.2, -0.15) is 0 Å². The summed E-state index contributed by atoms with van der Waals surface area (Å²) in [4.78, 5) is 26.6. The van der Waals surface area contributed by atoms with Crippen molar-refractivity contribution < 1.29 is 19.1 Å². The number of anilines is 1. The highest BCUT2D eigenvalue weighted by Gasteiger charge is 2.23. The van der Waals surface area contributed by atoms with Crippen LogP contribution in [-0.4, -0.2) is 24.1 Å². The van der Waals surface area contributed by atoms with Crippen molar-refractivity contribution in [2.75, 3.05) is 11.9 Å². The largest absolute Gasteiger partial charge is 0.493 e. The highest BCUT2D eigenvalue weighted by molar-refractivity contribution is 5.96. The van der Waals surface area contributed by atoms with Gasteiger partial charge in [0, 0.05) is 12.1 Å². The lowest BCUT2D eigenvalue weighted by molar-refractivity contribution is -0.117. The smallest absolute Gasteiger partial charge is 0.338 e. The summed E-state index contributed by atoms with van der Waals surface area (Å²) in [5, 5.41) is 3.18. The predicted octanol–water partition coefficient (Wildman–Crippen LogP) is 9.80. The predicted molar refractivity (Wildman–Crippen MR) is 194 cm³/mol. The van der Waals surface area contributed by atoms with Crippen molar-refractivity contribution in [1.82, 2.24) is 0 Å². The van der Waals surface area contributed by atoms with E-state index in [1.165, 1.54) is 27.8 Å². The number of fused-ring (bicyclic) bond motifs is 1. The van der Waals surface area contributed by atoms with Crippen LogP contribution in [0.5, 0.6) is 5.75 Å². The number of benzene rings is 5. The zero-order valence-electron chi connectivity index (χ0n) is 28.6. The fraction of sp³-hybridized carbons (Fsp3) is 0.256. The van der Waals surface area contributed by atoms with E-state index in [1.807, 2.05) is 63.2 Å². The lowest BCUT2D eigenvalue weighted by Crippen LogP contribution is -2.24. The SMILES string of the molecule is Cc1cc(C)c(-c2ccc(NC(=O)[C@H](Cc3ccc(C(=O)OC(C)(C)C)cc3)c3ccc(-c4ccc5c(c4)CCO5)cc3)cc2)c(C)c1. The quantitative estimate of drug-likeness (QED) is 0.172. The fourth-order valence-corrected chi connectivity index (χ4v) is 6.57. The number of aryl methyl sites for hydroxylation is 3. The molecule has 0 spiro atoms. The molecule has 0 saturated heterocycles. The van der Waals surface area contributed by atoms with Gasteiger partial charge in [0.15, 0.2) is 0 Å². The summed E-state index contributed by atoms with van der Waals surface area (Å²) in [6, 6.07) is 34.4. The van der Waals surface area contributed by atoms with Gasteiger partial charge in [0.05, 0.1) is 18.1 Å². The first-order valence-electron chi connectivity index (χ1n) is 16.6. The summed E-state index contributed by atoms with van der Waals surface area (Å²) in [7, 11) is 0. The zero-order valence-corrected chi connectivity index (χ0v) is 28.6. The standard InChI is InChI=1S/C43H43NO4/c1-27-23-28(2)40(29(3)24-27)33-15-18-37(19-16-33)44-41(45)38(25-30-7-9-34(10-8-30)42(46)48-43(4,5)6)32-13-11-31(12-14-32)35-17-20-39-36(26-35)21-22-47-39/h7-20,23-24,26,38H,21-22,25H2,1-6H3,(H,44,45)/t38-/m1/s1. The molecule has 1 atom stereocenters. The minimum Gasteiger partial charge on any atom is -0.493 e. The molecule has 5 aromatic rings. The molecule has 6 rings (SSSR count). The third kappa shape index (κ3) is 7.52. The number of nitrogens with one attached hydrogen (secondary N) is 1. The van der Waals surface area contributed by atoms with E-state index >= 15 is 0 Å². The Labute approximate surface area is 283 Å². The van der Waals surface area contributed by atoms with Crippen molar-refractivity contribution in [1.29, 1.82) is 0 Å². The van der Waals surface area contributed by atoms with E-state index in [2.05, 4.69) is 74.6 Å². The molecule has 0 radical (unpaired) electrons. The van der Waals surface area contributed by atoms with Gasteiger partial charge in [0.1, 0.15) is 11.4 Å². The number of hydrogen-bond donors (Lipinski definition) is 1. The number of amides is 1. The first-order valence-corrected chi connectivity index (χ1v) is 16.6. The normalized spacial score (nSPS) is 13.0. The monoisotopic (exact) mass is 637 g/mol. The van der Waals surface area contributed by atoms with E-state index in [0.29, 0.717) is 12.0 Å². The van der Waals surface area contributed by atoms with Gasteiger partial charge >= 0.3 is 5.97 Å². The Morgan fingerprint density at radius 1 is 0.771 bits per heavy atom. The molecule has 1 amide bonds. The third-order valence-electron chi connectivity index (χ3n) is 8.80. The average molecular weight is 638 g/mol. The molecule has 1 aliphatic heterocycles. The second-order valence-electron chi connectivity index (χ2n) is 13.8. The summed E-state index contributed by atoms with van der Waals surface area (Å²) in [5.74, 6) is 0.0451. The molecule has 0 aliphatic carbocycles. The lowest BCUT2D eigenvalue weighted by atomic mass is 9.89. The van der Waals surface area contributed by atoms with Gasteiger partial charge < -0.3 is 14.8 Å². The van der Waals surface area contributed by atoms with Crippen LogP contribution in [0.3, 0.4) is 0 Å². The molecule has 0 saturated carbocycles. The number of carbonyl (C=O) groups excluding carboxylic acids is 2. The van der Waals surface area contributed by atoms with Crippen LogP contribution in [0.15, 0.2) is 103 Å². The van der Waals surface area contributed by atoms with Crippen molar-refractivity contribution in [3.05, 3.63) is 142 Å². The second-order valence-corrected chi connectivity index (χ2v) is 13.8. The Morgan fingerprint density at radius 2 is 1.40 bits per heavy atom. The van der Waals surface area contributed by atoms with E-state index in [-0.39, 0.29) is 11.9 Å². The number of rotatable bonds is 8. The highest BCUT2D eigenvalue weighted by Crippen LogP contribution is 2.33. The first-order chi connectivity index (χ1) is 22.9.